The van der Waals surface area contributed by atoms with Crippen molar-refractivity contribution in [1.82, 2.24) is 0 Å². The smallest absolute Gasteiger partial charge is 0.387 e. The largest absolute Gasteiger partial charge is 0.480 e. The Bertz CT molecular complexity index is 860. The summed E-state index contributed by atoms with van der Waals surface area (Å²) >= 11 is 0. The molecule has 0 aliphatic carbocycles. The summed E-state index contributed by atoms with van der Waals surface area (Å²) in [5.74, 6) is -5.18. The number of carbonyl (C=O) groups excluding carboxylic acids is 2. The first-order valence-electron chi connectivity index (χ1n) is 6.95. The number of rotatable bonds is 5. The third kappa shape index (κ3) is 4.30. The molecule has 0 fully saturated rings. The summed E-state index contributed by atoms with van der Waals surface area (Å²) in [4.78, 5) is 53.8. The summed E-state index contributed by atoms with van der Waals surface area (Å²) in [6.45, 7) is 0. The van der Waals surface area contributed by atoms with Crippen LogP contribution in [0.5, 0.6) is 0 Å². The Morgan fingerprint density at radius 1 is 0.960 bits per heavy atom. The second kappa shape index (κ2) is 7.41. The van der Waals surface area contributed by atoms with E-state index in [0.29, 0.717) is 10.8 Å². The number of nitrogens with two attached hydrogens (primary N) is 1. The minimum Gasteiger partial charge on any atom is -0.480 e. The molecule has 0 spiro atoms. The lowest BCUT2D eigenvalue weighted by molar-refractivity contribution is -0.234. The fourth-order valence-corrected chi connectivity index (χ4v) is 2.02. The van der Waals surface area contributed by atoms with Crippen LogP contribution in [-0.4, -0.2) is 40.1 Å². The van der Waals surface area contributed by atoms with Crippen LogP contribution in [0.2, 0.25) is 0 Å². The van der Waals surface area contributed by atoms with Gasteiger partial charge in [0.25, 0.3) is 0 Å². The topological polar surface area (TPSA) is 153 Å². The summed E-state index contributed by atoms with van der Waals surface area (Å²) in [7, 11) is 0. The highest BCUT2D eigenvalue weighted by Crippen LogP contribution is 2.21. The maximum Gasteiger partial charge on any atom is 0.387 e. The number of carboxylic acids is 2. The maximum absolute atomic E-state index is 12.0. The van der Waals surface area contributed by atoms with Crippen molar-refractivity contribution in [3.05, 3.63) is 47.5 Å². The summed E-state index contributed by atoms with van der Waals surface area (Å²) in [5.41, 5.74) is 4.49. The summed E-state index contributed by atoms with van der Waals surface area (Å²) < 4.78 is 0. The zero-order valence-corrected chi connectivity index (χ0v) is 12.7. The van der Waals surface area contributed by atoms with Gasteiger partial charge in [0.15, 0.2) is 0 Å². The highest BCUT2D eigenvalue weighted by molar-refractivity contribution is 6.06. The normalized spacial score (nSPS) is 11.6. The number of aliphatic carboxylic acids is 1. The standard InChI is InChI=1S/C16H13NO8/c17-12(15(21)22)7-13(18)24-25-16(23)11-6-9-4-2-1-3-8(9)5-10(11)14(19)20/h1-6,12H,7,17H2,(H,19,20)(H,21,22). The molecule has 2 aromatic carbocycles. The molecule has 0 saturated heterocycles. The Kier molecular flexibility index (Phi) is 5.30. The number of benzene rings is 2. The third-order valence-electron chi connectivity index (χ3n) is 3.25. The van der Waals surface area contributed by atoms with E-state index in [1.54, 1.807) is 24.3 Å². The lowest BCUT2D eigenvalue weighted by Gasteiger charge is -2.08. The second-order valence-corrected chi connectivity index (χ2v) is 5.03. The maximum atomic E-state index is 12.0. The Labute approximate surface area is 140 Å². The SMILES string of the molecule is NC(CC(=O)OOC(=O)c1cc2ccccc2cc1C(=O)O)C(=O)O. The van der Waals surface area contributed by atoms with Crippen LogP contribution in [0.25, 0.3) is 10.8 Å². The average Bonchev–Trinajstić information content (AvgIpc) is 2.58. The molecule has 9 nitrogen and oxygen atoms in total. The zero-order valence-electron chi connectivity index (χ0n) is 12.7. The van der Waals surface area contributed by atoms with Gasteiger partial charge in [0.1, 0.15) is 6.04 Å². The second-order valence-electron chi connectivity index (χ2n) is 5.03. The average molecular weight is 347 g/mol. The third-order valence-corrected chi connectivity index (χ3v) is 3.25. The van der Waals surface area contributed by atoms with Gasteiger partial charge in [-0.15, -0.1) is 0 Å². The van der Waals surface area contributed by atoms with E-state index in [1.165, 1.54) is 12.1 Å². The van der Waals surface area contributed by atoms with E-state index in [2.05, 4.69) is 9.78 Å². The molecule has 0 aliphatic heterocycles. The van der Waals surface area contributed by atoms with E-state index < -0.39 is 36.3 Å². The highest BCUT2D eigenvalue weighted by Gasteiger charge is 2.23. The van der Waals surface area contributed by atoms with Crippen molar-refractivity contribution in [2.24, 2.45) is 5.73 Å². The molecule has 0 radical (unpaired) electrons. The van der Waals surface area contributed by atoms with E-state index in [9.17, 15) is 24.3 Å². The van der Waals surface area contributed by atoms with Crippen molar-refractivity contribution in [3.63, 3.8) is 0 Å². The van der Waals surface area contributed by atoms with Gasteiger partial charge in [-0.05, 0) is 22.9 Å². The molecule has 0 heterocycles. The number of carbonyl (C=O) groups is 4. The molecule has 2 rings (SSSR count). The minimum absolute atomic E-state index is 0.318. The lowest BCUT2D eigenvalue weighted by atomic mass is 10.0. The van der Waals surface area contributed by atoms with Crippen LogP contribution >= 0.6 is 0 Å². The Balaban J connectivity index is 2.18. The number of fused-ring (bicyclic) bond motifs is 1. The predicted octanol–water partition coefficient (Wildman–Crippen LogP) is 0.955. The van der Waals surface area contributed by atoms with Crippen LogP contribution in [0.1, 0.15) is 27.1 Å². The van der Waals surface area contributed by atoms with Crippen LogP contribution in [-0.2, 0) is 19.4 Å². The molecule has 0 amide bonds. The van der Waals surface area contributed by atoms with Crippen molar-refractivity contribution in [1.29, 1.82) is 0 Å². The van der Waals surface area contributed by atoms with E-state index in [4.69, 9.17) is 10.8 Å². The van der Waals surface area contributed by atoms with Crippen LogP contribution in [0.4, 0.5) is 0 Å². The van der Waals surface area contributed by atoms with Gasteiger partial charge in [0, 0.05) is 0 Å². The quantitative estimate of drug-likeness (QED) is 0.530. The van der Waals surface area contributed by atoms with Gasteiger partial charge in [0.05, 0.1) is 17.5 Å². The monoisotopic (exact) mass is 347 g/mol. The molecule has 0 bridgehead atoms. The van der Waals surface area contributed by atoms with Crippen molar-refractivity contribution < 1.29 is 39.2 Å². The Hall–Kier alpha value is -3.46. The molecular formula is C16H13NO8. The van der Waals surface area contributed by atoms with Gasteiger partial charge in [-0.3, -0.25) is 4.79 Å². The van der Waals surface area contributed by atoms with E-state index in [1.807, 2.05) is 0 Å². The van der Waals surface area contributed by atoms with Crippen LogP contribution in [0.3, 0.4) is 0 Å². The molecule has 1 atom stereocenters. The van der Waals surface area contributed by atoms with Gasteiger partial charge in [-0.2, -0.15) is 0 Å². The van der Waals surface area contributed by atoms with Gasteiger partial charge in [-0.25, -0.2) is 24.2 Å². The number of aromatic carboxylic acids is 1. The number of hydrogen-bond acceptors (Lipinski definition) is 7. The van der Waals surface area contributed by atoms with E-state index in [-0.39, 0.29) is 11.1 Å². The fourth-order valence-electron chi connectivity index (χ4n) is 2.02. The van der Waals surface area contributed by atoms with E-state index in [0.717, 1.165) is 0 Å². The Morgan fingerprint density at radius 3 is 2.04 bits per heavy atom. The minimum atomic E-state index is -1.51. The van der Waals surface area contributed by atoms with E-state index >= 15 is 0 Å². The molecule has 2 aromatic rings. The van der Waals surface area contributed by atoms with Crippen LogP contribution in [0.15, 0.2) is 36.4 Å². The fraction of sp³-hybridized carbons (Fsp3) is 0.125. The van der Waals surface area contributed by atoms with Crippen molar-refractivity contribution in [3.8, 4) is 0 Å². The molecule has 0 aliphatic rings. The first kappa shape index (κ1) is 17.9. The molecule has 0 saturated carbocycles. The zero-order chi connectivity index (χ0) is 18.6. The molecule has 1 unspecified atom stereocenters. The first-order valence-corrected chi connectivity index (χ1v) is 6.95. The molecule has 9 heteroatoms. The van der Waals surface area contributed by atoms with Gasteiger partial charge in [0.2, 0.25) is 0 Å². The molecular weight excluding hydrogens is 334 g/mol. The molecule has 4 N–H and O–H groups in total. The van der Waals surface area contributed by atoms with Crippen LogP contribution in [0, 0.1) is 0 Å². The molecule has 130 valence electrons. The summed E-state index contributed by atoms with van der Waals surface area (Å²) in [6.07, 6.45) is -0.716. The van der Waals surface area contributed by atoms with Crippen molar-refractivity contribution in [2.45, 2.75) is 12.5 Å². The Morgan fingerprint density at radius 2 is 1.52 bits per heavy atom. The molecule has 0 aromatic heterocycles. The molecule has 25 heavy (non-hydrogen) atoms. The van der Waals surface area contributed by atoms with Crippen LogP contribution < -0.4 is 5.73 Å². The number of hydrogen-bond donors (Lipinski definition) is 3. The van der Waals surface area contributed by atoms with Gasteiger partial charge in [-0.1, -0.05) is 24.3 Å². The van der Waals surface area contributed by atoms with Crippen molar-refractivity contribution >= 4 is 34.6 Å². The highest BCUT2D eigenvalue weighted by atomic mass is 17.2. The van der Waals surface area contributed by atoms with Gasteiger partial charge >= 0.3 is 23.9 Å². The first-order chi connectivity index (χ1) is 11.8. The number of carboxylic acid groups (broad SMARTS) is 2. The predicted molar refractivity (Wildman–Crippen MR) is 82.6 cm³/mol. The van der Waals surface area contributed by atoms with Crippen molar-refractivity contribution in [2.75, 3.05) is 0 Å². The summed E-state index contributed by atoms with van der Waals surface area (Å²) in [6, 6.07) is 7.81. The van der Waals surface area contributed by atoms with Gasteiger partial charge < -0.3 is 15.9 Å². The summed E-state index contributed by atoms with van der Waals surface area (Å²) in [5, 5.41) is 19.0. The lowest BCUT2D eigenvalue weighted by Crippen LogP contribution is -2.33.